The highest BCUT2D eigenvalue weighted by Gasteiger charge is 2.25. The van der Waals surface area contributed by atoms with Gasteiger partial charge in [0.1, 0.15) is 4.90 Å². The van der Waals surface area contributed by atoms with Crippen molar-refractivity contribution in [3.05, 3.63) is 30.0 Å². The zero-order chi connectivity index (χ0) is 15.0. The Balaban J connectivity index is 1.96. The van der Waals surface area contributed by atoms with E-state index >= 15 is 0 Å². The predicted molar refractivity (Wildman–Crippen MR) is 83.8 cm³/mol. The van der Waals surface area contributed by atoms with Gasteiger partial charge in [0.05, 0.1) is 0 Å². The second-order valence-electron chi connectivity index (χ2n) is 5.70. The summed E-state index contributed by atoms with van der Waals surface area (Å²) < 4.78 is 30.1. The quantitative estimate of drug-likeness (QED) is 0.897. The van der Waals surface area contributed by atoms with Crippen LogP contribution >= 0.6 is 0 Å². The largest absolute Gasteiger partial charge is 0.347 e. The van der Waals surface area contributed by atoms with Gasteiger partial charge >= 0.3 is 0 Å². The fraction of sp³-hybridized carbons (Fsp3) is 0.467. The van der Waals surface area contributed by atoms with Crippen molar-refractivity contribution < 1.29 is 8.42 Å². The van der Waals surface area contributed by atoms with Crippen molar-refractivity contribution in [1.29, 1.82) is 0 Å². The maximum absolute atomic E-state index is 12.7. The van der Waals surface area contributed by atoms with Crippen molar-refractivity contribution in [2.24, 2.45) is 13.0 Å². The zero-order valence-corrected chi connectivity index (χ0v) is 13.2. The molecule has 2 N–H and O–H groups in total. The fourth-order valence-electron chi connectivity index (χ4n) is 3.01. The van der Waals surface area contributed by atoms with E-state index < -0.39 is 10.0 Å². The van der Waals surface area contributed by atoms with Gasteiger partial charge in [0, 0.05) is 30.2 Å². The maximum atomic E-state index is 12.7. The summed E-state index contributed by atoms with van der Waals surface area (Å²) in [5, 5.41) is 4.04. The van der Waals surface area contributed by atoms with Crippen molar-refractivity contribution >= 4 is 20.9 Å². The lowest BCUT2D eigenvalue weighted by molar-refractivity contribution is 0.538. The number of para-hydroxylation sites is 1. The summed E-state index contributed by atoms with van der Waals surface area (Å²) in [6, 6.07) is 7.62. The summed E-state index contributed by atoms with van der Waals surface area (Å²) in [5.74, 6) is 0.384. The molecule has 1 aromatic carbocycles. The molecule has 0 spiro atoms. The van der Waals surface area contributed by atoms with Crippen LogP contribution in [0, 0.1) is 12.8 Å². The first-order valence-electron chi connectivity index (χ1n) is 7.25. The smallest absolute Gasteiger partial charge is 0.242 e. The Morgan fingerprint density at radius 2 is 2.14 bits per heavy atom. The summed E-state index contributed by atoms with van der Waals surface area (Å²) >= 11 is 0. The van der Waals surface area contributed by atoms with Crippen LogP contribution in [0.1, 0.15) is 12.1 Å². The zero-order valence-electron chi connectivity index (χ0n) is 12.4. The second-order valence-corrected chi connectivity index (χ2v) is 7.41. The molecule has 1 fully saturated rings. The molecule has 5 nitrogen and oxygen atoms in total. The molecule has 114 valence electrons. The molecule has 3 rings (SSSR count). The van der Waals surface area contributed by atoms with E-state index in [0.29, 0.717) is 17.4 Å². The number of sulfonamides is 1. The van der Waals surface area contributed by atoms with Crippen LogP contribution in [0.15, 0.2) is 29.2 Å². The Bertz CT molecular complexity index is 759. The van der Waals surface area contributed by atoms with Crippen LogP contribution < -0.4 is 10.0 Å². The monoisotopic (exact) mass is 307 g/mol. The van der Waals surface area contributed by atoms with Crippen molar-refractivity contribution in [3.8, 4) is 0 Å². The first kappa shape index (κ1) is 14.6. The Kier molecular flexibility index (Phi) is 3.77. The molecule has 1 saturated heterocycles. The fourth-order valence-corrected chi connectivity index (χ4v) is 4.60. The van der Waals surface area contributed by atoms with Gasteiger partial charge in [0.2, 0.25) is 10.0 Å². The average molecular weight is 307 g/mol. The molecular formula is C15H21N3O2S. The molecule has 2 aromatic rings. The molecule has 6 heteroatoms. The van der Waals surface area contributed by atoms with Crippen LogP contribution in [-0.2, 0) is 17.1 Å². The summed E-state index contributed by atoms with van der Waals surface area (Å²) in [5.41, 5.74) is 1.71. The van der Waals surface area contributed by atoms with Gasteiger partial charge in [-0.3, -0.25) is 0 Å². The molecule has 0 radical (unpaired) electrons. The first-order valence-corrected chi connectivity index (χ1v) is 8.73. The molecule has 0 bridgehead atoms. The highest BCUT2D eigenvalue weighted by molar-refractivity contribution is 7.89. The number of nitrogens with one attached hydrogen (secondary N) is 2. The lowest BCUT2D eigenvalue weighted by Gasteiger charge is -2.11. The molecule has 0 amide bonds. The molecule has 1 aromatic heterocycles. The first-order chi connectivity index (χ1) is 10.0. The number of hydrogen-bond acceptors (Lipinski definition) is 3. The third-order valence-electron chi connectivity index (χ3n) is 4.33. The van der Waals surface area contributed by atoms with Gasteiger partial charge in [0.15, 0.2) is 0 Å². The Labute approximate surface area is 125 Å². The highest BCUT2D eigenvalue weighted by Crippen LogP contribution is 2.28. The number of aryl methyl sites for hydroxylation is 1. The number of fused-ring (bicyclic) bond motifs is 1. The molecule has 1 atom stereocenters. The predicted octanol–water partition coefficient (Wildman–Crippen LogP) is 1.37. The summed E-state index contributed by atoms with van der Waals surface area (Å²) in [4.78, 5) is 0.409. The van der Waals surface area contributed by atoms with Gasteiger partial charge in [-0.1, -0.05) is 18.2 Å². The van der Waals surface area contributed by atoms with E-state index in [1.54, 1.807) is 0 Å². The summed E-state index contributed by atoms with van der Waals surface area (Å²) in [6.07, 6.45) is 1.02. The maximum Gasteiger partial charge on any atom is 0.242 e. The van der Waals surface area contributed by atoms with Crippen molar-refractivity contribution in [2.75, 3.05) is 19.6 Å². The molecule has 1 aliphatic rings. The number of benzene rings is 1. The third-order valence-corrected chi connectivity index (χ3v) is 5.93. The van der Waals surface area contributed by atoms with E-state index in [0.717, 1.165) is 36.1 Å². The molecule has 2 heterocycles. The van der Waals surface area contributed by atoms with E-state index in [1.165, 1.54) is 0 Å². The summed E-state index contributed by atoms with van der Waals surface area (Å²) in [6.45, 7) is 4.21. The molecule has 1 unspecified atom stereocenters. The van der Waals surface area contributed by atoms with Crippen LogP contribution in [-0.4, -0.2) is 32.6 Å². The van der Waals surface area contributed by atoms with Gasteiger partial charge in [-0.2, -0.15) is 0 Å². The number of hydrogen-bond donors (Lipinski definition) is 2. The molecule has 1 aliphatic heterocycles. The Hall–Kier alpha value is -1.37. The van der Waals surface area contributed by atoms with Crippen LogP contribution in [0.4, 0.5) is 0 Å². The average Bonchev–Trinajstić information content (AvgIpc) is 3.06. The lowest BCUT2D eigenvalue weighted by Crippen LogP contribution is -2.30. The Morgan fingerprint density at radius 3 is 2.86 bits per heavy atom. The minimum atomic E-state index is -3.48. The normalized spacial score (nSPS) is 19.4. The number of nitrogens with zero attached hydrogens (tertiary/aromatic N) is 1. The van der Waals surface area contributed by atoms with Crippen LogP contribution in [0.2, 0.25) is 0 Å². The third kappa shape index (κ3) is 2.59. The second kappa shape index (κ2) is 5.44. The van der Waals surface area contributed by atoms with Crippen molar-refractivity contribution in [1.82, 2.24) is 14.6 Å². The highest BCUT2D eigenvalue weighted by atomic mass is 32.2. The summed E-state index contributed by atoms with van der Waals surface area (Å²) in [7, 11) is -1.58. The van der Waals surface area contributed by atoms with E-state index in [2.05, 4.69) is 10.0 Å². The van der Waals surface area contributed by atoms with Crippen molar-refractivity contribution in [3.63, 3.8) is 0 Å². The number of rotatable bonds is 4. The van der Waals surface area contributed by atoms with Crippen LogP contribution in [0.5, 0.6) is 0 Å². The van der Waals surface area contributed by atoms with Crippen LogP contribution in [0.3, 0.4) is 0 Å². The van der Waals surface area contributed by atoms with Gasteiger partial charge in [-0.15, -0.1) is 0 Å². The molecule has 0 aliphatic carbocycles. The van der Waals surface area contributed by atoms with E-state index in [1.807, 2.05) is 42.8 Å². The molecular weight excluding hydrogens is 286 g/mol. The van der Waals surface area contributed by atoms with E-state index in [4.69, 9.17) is 0 Å². The van der Waals surface area contributed by atoms with Gasteiger partial charge in [-0.05, 0) is 38.4 Å². The standard InChI is InChI=1S/C15H21N3O2S/c1-11-15(13-5-3-4-6-14(13)18(11)2)21(19,20)17-10-12-7-8-16-9-12/h3-6,12,16-17H,7-10H2,1-2H3. The molecule has 0 saturated carbocycles. The minimum Gasteiger partial charge on any atom is -0.347 e. The topological polar surface area (TPSA) is 63.1 Å². The van der Waals surface area contributed by atoms with E-state index in [9.17, 15) is 8.42 Å². The van der Waals surface area contributed by atoms with Crippen molar-refractivity contribution in [2.45, 2.75) is 18.2 Å². The molecule has 21 heavy (non-hydrogen) atoms. The van der Waals surface area contributed by atoms with E-state index in [-0.39, 0.29) is 0 Å². The lowest BCUT2D eigenvalue weighted by atomic mass is 10.1. The number of aromatic nitrogens is 1. The minimum absolute atomic E-state index is 0.384. The van der Waals surface area contributed by atoms with Crippen LogP contribution in [0.25, 0.3) is 10.9 Å². The van der Waals surface area contributed by atoms with Gasteiger partial charge in [0.25, 0.3) is 0 Å². The van der Waals surface area contributed by atoms with Gasteiger partial charge < -0.3 is 9.88 Å². The van der Waals surface area contributed by atoms with Gasteiger partial charge in [-0.25, -0.2) is 13.1 Å². The Morgan fingerprint density at radius 1 is 1.38 bits per heavy atom. The SMILES string of the molecule is Cc1c(S(=O)(=O)NCC2CCNC2)c2ccccc2n1C.